The van der Waals surface area contributed by atoms with Crippen molar-refractivity contribution in [1.29, 1.82) is 0 Å². The van der Waals surface area contributed by atoms with E-state index in [0.29, 0.717) is 16.6 Å². The number of aromatic nitrogens is 1. The predicted octanol–water partition coefficient (Wildman–Crippen LogP) is 5.46. The van der Waals surface area contributed by atoms with Gasteiger partial charge in [0.1, 0.15) is 0 Å². The van der Waals surface area contributed by atoms with E-state index in [9.17, 15) is 0 Å². The van der Waals surface area contributed by atoms with E-state index in [2.05, 4.69) is 22.4 Å². The maximum Gasteiger partial charge on any atom is 0.0708 e. The van der Waals surface area contributed by atoms with Gasteiger partial charge in [-0.05, 0) is 42.8 Å². The summed E-state index contributed by atoms with van der Waals surface area (Å²) in [6.45, 7) is 2.69. The van der Waals surface area contributed by atoms with Crippen LogP contribution in [0.5, 0.6) is 0 Å². The molecular weight excluding hydrogens is 303 g/mol. The first-order valence-corrected chi connectivity index (χ1v) is 7.43. The fourth-order valence-electron chi connectivity index (χ4n) is 2.36. The predicted molar refractivity (Wildman–Crippen MR) is 90.3 cm³/mol. The molecule has 1 heterocycles. The van der Waals surface area contributed by atoms with Crippen molar-refractivity contribution in [2.75, 3.05) is 5.32 Å². The highest BCUT2D eigenvalue weighted by Crippen LogP contribution is 2.26. The molecular formula is C17H14Cl2N2. The standard InChI is InChI=1S/C17H14Cl2N2/c1-11-8-12(14-4-2-3-5-16(14)21-11)10-20-17-7-6-13(18)9-15(17)19/h2-9,20H,10H2,1H3. The van der Waals surface area contributed by atoms with Crippen LogP contribution < -0.4 is 5.32 Å². The van der Waals surface area contributed by atoms with Crippen molar-refractivity contribution >= 4 is 39.8 Å². The number of pyridine rings is 1. The molecule has 3 rings (SSSR count). The maximum atomic E-state index is 6.19. The first kappa shape index (κ1) is 14.2. The van der Waals surface area contributed by atoms with Crippen LogP contribution >= 0.6 is 23.2 Å². The van der Waals surface area contributed by atoms with Gasteiger partial charge in [0.15, 0.2) is 0 Å². The highest BCUT2D eigenvalue weighted by atomic mass is 35.5. The fraction of sp³-hybridized carbons (Fsp3) is 0.118. The van der Waals surface area contributed by atoms with Crippen LogP contribution in [-0.2, 0) is 6.54 Å². The molecule has 0 aliphatic rings. The molecule has 1 N–H and O–H groups in total. The number of hydrogen-bond donors (Lipinski definition) is 1. The molecule has 2 nitrogen and oxygen atoms in total. The lowest BCUT2D eigenvalue weighted by atomic mass is 10.1. The van der Waals surface area contributed by atoms with Gasteiger partial charge in [-0.15, -0.1) is 0 Å². The summed E-state index contributed by atoms with van der Waals surface area (Å²) < 4.78 is 0. The van der Waals surface area contributed by atoms with Crippen LogP contribution in [0, 0.1) is 6.92 Å². The van der Waals surface area contributed by atoms with Crippen LogP contribution in [0.25, 0.3) is 10.9 Å². The minimum absolute atomic E-state index is 0.623. The van der Waals surface area contributed by atoms with Gasteiger partial charge in [-0.1, -0.05) is 41.4 Å². The van der Waals surface area contributed by atoms with Crippen molar-refractivity contribution in [2.45, 2.75) is 13.5 Å². The van der Waals surface area contributed by atoms with Crippen molar-refractivity contribution < 1.29 is 0 Å². The molecule has 0 radical (unpaired) electrons. The first-order valence-electron chi connectivity index (χ1n) is 6.68. The van der Waals surface area contributed by atoms with E-state index in [-0.39, 0.29) is 0 Å². The van der Waals surface area contributed by atoms with Crippen molar-refractivity contribution in [3.63, 3.8) is 0 Å². The average Bonchev–Trinajstić information content (AvgIpc) is 2.46. The molecule has 0 fully saturated rings. The smallest absolute Gasteiger partial charge is 0.0708 e. The summed E-state index contributed by atoms with van der Waals surface area (Å²) >= 11 is 12.1. The zero-order valence-electron chi connectivity index (χ0n) is 11.5. The van der Waals surface area contributed by atoms with Gasteiger partial charge in [0.2, 0.25) is 0 Å². The Hall–Kier alpha value is -1.77. The number of aryl methyl sites for hydroxylation is 1. The highest BCUT2D eigenvalue weighted by Gasteiger charge is 2.05. The van der Waals surface area contributed by atoms with Gasteiger partial charge < -0.3 is 5.32 Å². The van der Waals surface area contributed by atoms with Gasteiger partial charge in [-0.3, -0.25) is 4.98 Å². The summed E-state index contributed by atoms with van der Waals surface area (Å²) in [4.78, 5) is 4.55. The molecule has 1 aromatic heterocycles. The lowest BCUT2D eigenvalue weighted by Crippen LogP contribution is -2.02. The van der Waals surface area contributed by atoms with Crippen molar-refractivity contribution in [1.82, 2.24) is 4.98 Å². The first-order chi connectivity index (χ1) is 10.1. The number of halogens is 2. The molecule has 106 valence electrons. The van der Waals surface area contributed by atoms with Crippen LogP contribution in [0.4, 0.5) is 5.69 Å². The van der Waals surface area contributed by atoms with E-state index in [4.69, 9.17) is 23.2 Å². The van der Waals surface area contributed by atoms with Gasteiger partial charge in [0.05, 0.1) is 16.2 Å². The van der Waals surface area contributed by atoms with E-state index in [1.54, 1.807) is 6.07 Å². The molecule has 4 heteroatoms. The lowest BCUT2D eigenvalue weighted by Gasteiger charge is -2.11. The molecule has 0 aliphatic carbocycles. The Balaban J connectivity index is 1.91. The average molecular weight is 317 g/mol. The van der Waals surface area contributed by atoms with Crippen LogP contribution in [0.1, 0.15) is 11.3 Å². The summed E-state index contributed by atoms with van der Waals surface area (Å²) in [5.74, 6) is 0. The Morgan fingerprint density at radius 2 is 1.86 bits per heavy atom. The zero-order valence-corrected chi connectivity index (χ0v) is 13.0. The molecule has 0 amide bonds. The third-order valence-electron chi connectivity index (χ3n) is 3.33. The molecule has 0 bridgehead atoms. The van der Waals surface area contributed by atoms with Gasteiger partial charge >= 0.3 is 0 Å². The molecule has 0 atom stereocenters. The Kier molecular flexibility index (Phi) is 4.00. The number of para-hydroxylation sites is 1. The van der Waals surface area contributed by atoms with Crippen molar-refractivity contribution in [3.8, 4) is 0 Å². The van der Waals surface area contributed by atoms with Crippen molar-refractivity contribution in [3.05, 3.63) is 69.8 Å². The Labute approximate surface area is 133 Å². The van der Waals surface area contributed by atoms with E-state index in [1.165, 1.54) is 5.56 Å². The van der Waals surface area contributed by atoms with E-state index < -0.39 is 0 Å². The molecule has 0 saturated carbocycles. The van der Waals surface area contributed by atoms with Gasteiger partial charge in [-0.25, -0.2) is 0 Å². The van der Waals surface area contributed by atoms with Crippen LogP contribution in [0.15, 0.2) is 48.5 Å². The van der Waals surface area contributed by atoms with E-state index in [1.807, 2.05) is 37.3 Å². The van der Waals surface area contributed by atoms with Gasteiger partial charge in [0.25, 0.3) is 0 Å². The monoisotopic (exact) mass is 316 g/mol. The minimum Gasteiger partial charge on any atom is -0.380 e. The lowest BCUT2D eigenvalue weighted by molar-refractivity contribution is 1.13. The number of nitrogens with zero attached hydrogens (tertiary/aromatic N) is 1. The van der Waals surface area contributed by atoms with Crippen molar-refractivity contribution in [2.24, 2.45) is 0 Å². The number of anilines is 1. The van der Waals surface area contributed by atoms with E-state index in [0.717, 1.165) is 22.3 Å². The van der Waals surface area contributed by atoms with Gasteiger partial charge in [0, 0.05) is 22.6 Å². The molecule has 0 unspecified atom stereocenters. The molecule has 0 saturated heterocycles. The molecule has 21 heavy (non-hydrogen) atoms. The summed E-state index contributed by atoms with van der Waals surface area (Å²) in [6, 6.07) is 15.7. The van der Waals surface area contributed by atoms with Crippen LogP contribution in [0.2, 0.25) is 10.0 Å². The Morgan fingerprint density at radius 3 is 2.67 bits per heavy atom. The maximum absolute atomic E-state index is 6.19. The number of rotatable bonds is 3. The van der Waals surface area contributed by atoms with E-state index >= 15 is 0 Å². The molecule has 3 aromatic rings. The fourth-order valence-corrected chi connectivity index (χ4v) is 2.84. The summed E-state index contributed by atoms with van der Waals surface area (Å²) in [7, 11) is 0. The number of nitrogens with one attached hydrogen (secondary N) is 1. The van der Waals surface area contributed by atoms with Gasteiger partial charge in [-0.2, -0.15) is 0 Å². The summed E-state index contributed by atoms with van der Waals surface area (Å²) in [5, 5.41) is 5.77. The Bertz CT molecular complexity index is 800. The number of hydrogen-bond acceptors (Lipinski definition) is 2. The molecule has 0 spiro atoms. The third-order valence-corrected chi connectivity index (χ3v) is 3.88. The SMILES string of the molecule is Cc1cc(CNc2ccc(Cl)cc2Cl)c2ccccc2n1. The minimum atomic E-state index is 0.623. The molecule has 0 aliphatic heterocycles. The van der Waals surface area contributed by atoms with Crippen LogP contribution in [-0.4, -0.2) is 4.98 Å². The quantitative estimate of drug-likeness (QED) is 0.693. The number of fused-ring (bicyclic) bond motifs is 1. The Morgan fingerprint density at radius 1 is 1.05 bits per heavy atom. The largest absolute Gasteiger partial charge is 0.380 e. The highest BCUT2D eigenvalue weighted by molar-refractivity contribution is 6.36. The normalized spacial score (nSPS) is 10.8. The second-order valence-corrected chi connectivity index (χ2v) is 5.76. The second kappa shape index (κ2) is 5.92. The topological polar surface area (TPSA) is 24.9 Å². The third kappa shape index (κ3) is 3.12. The number of benzene rings is 2. The molecule has 2 aromatic carbocycles. The second-order valence-electron chi connectivity index (χ2n) is 4.92. The zero-order chi connectivity index (χ0) is 14.8. The summed E-state index contributed by atoms with van der Waals surface area (Å²) in [6.07, 6.45) is 0. The summed E-state index contributed by atoms with van der Waals surface area (Å²) in [5.41, 5.74) is 4.09. The van der Waals surface area contributed by atoms with Crippen LogP contribution in [0.3, 0.4) is 0 Å².